The quantitative estimate of drug-likeness (QED) is 0.714. The predicted molar refractivity (Wildman–Crippen MR) is 108 cm³/mol. The SMILES string of the molecule is CC[C@H](Oc1ccccc1)C(=O)N1CCN(S(=O)(=O)Cc2ccccc2)CC1. The van der Waals surface area contributed by atoms with E-state index in [2.05, 4.69) is 0 Å². The fourth-order valence-electron chi connectivity index (χ4n) is 3.24. The minimum atomic E-state index is -3.40. The lowest BCUT2D eigenvalue weighted by atomic mass is 10.2. The van der Waals surface area contributed by atoms with E-state index in [9.17, 15) is 13.2 Å². The van der Waals surface area contributed by atoms with Crippen LogP contribution in [-0.2, 0) is 20.6 Å². The number of amides is 1. The summed E-state index contributed by atoms with van der Waals surface area (Å²) < 4.78 is 32.6. The highest BCUT2D eigenvalue weighted by atomic mass is 32.2. The van der Waals surface area contributed by atoms with E-state index in [-0.39, 0.29) is 11.7 Å². The molecule has 0 radical (unpaired) electrons. The molecule has 0 aliphatic carbocycles. The second-order valence-corrected chi connectivity index (χ2v) is 8.76. The number of carbonyl (C=O) groups is 1. The minimum absolute atomic E-state index is 0.0174. The third-order valence-electron chi connectivity index (χ3n) is 4.80. The Balaban J connectivity index is 1.57. The van der Waals surface area contributed by atoms with Crippen molar-refractivity contribution < 1.29 is 17.9 Å². The zero-order chi connectivity index (χ0) is 20.0. The lowest BCUT2D eigenvalue weighted by Crippen LogP contribution is -2.53. The topological polar surface area (TPSA) is 66.9 Å². The van der Waals surface area contributed by atoms with Crippen LogP contribution >= 0.6 is 0 Å². The van der Waals surface area contributed by atoms with Gasteiger partial charge in [0.15, 0.2) is 6.10 Å². The van der Waals surface area contributed by atoms with Gasteiger partial charge in [-0.15, -0.1) is 0 Å². The highest BCUT2D eigenvalue weighted by Gasteiger charge is 2.32. The van der Waals surface area contributed by atoms with Crippen LogP contribution in [0.1, 0.15) is 18.9 Å². The largest absolute Gasteiger partial charge is 0.481 e. The lowest BCUT2D eigenvalue weighted by molar-refractivity contribution is -0.140. The molecule has 28 heavy (non-hydrogen) atoms. The summed E-state index contributed by atoms with van der Waals surface area (Å²) in [6.07, 6.45) is -0.00450. The molecule has 1 saturated heterocycles. The maximum absolute atomic E-state index is 12.8. The van der Waals surface area contributed by atoms with Gasteiger partial charge in [-0.1, -0.05) is 55.5 Å². The summed E-state index contributed by atoms with van der Waals surface area (Å²) in [6.45, 7) is 3.28. The number of nitrogens with zero attached hydrogens (tertiary/aromatic N) is 2. The zero-order valence-corrected chi connectivity index (χ0v) is 16.8. The second kappa shape index (κ2) is 9.21. The monoisotopic (exact) mass is 402 g/mol. The molecule has 1 heterocycles. The molecule has 0 N–H and O–H groups in total. The highest BCUT2D eigenvalue weighted by molar-refractivity contribution is 7.88. The molecule has 1 aliphatic heterocycles. The van der Waals surface area contributed by atoms with Gasteiger partial charge in [-0.25, -0.2) is 8.42 Å². The molecule has 3 rings (SSSR count). The molecule has 2 aromatic carbocycles. The number of sulfonamides is 1. The molecule has 2 aromatic rings. The average molecular weight is 403 g/mol. The van der Waals surface area contributed by atoms with Gasteiger partial charge >= 0.3 is 0 Å². The number of benzene rings is 2. The summed E-state index contributed by atoms with van der Waals surface area (Å²) >= 11 is 0. The summed E-state index contributed by atoms with van der Waals surface area (Å²) in [7, 11) is -3.40. The van der Waals surface area contributed by atoms with E-state index in [1.54, 1.807) is 4.90 Å². The van der Waals surface area contributed by atoms with E-state index in [0.29, 0.717) is 38.3 Å². The predicted octanol–water partition coefficient (Wildman–Crippen LogP) is 2.52. The molecular formula is C21H26N2O4S. The number of piperazine rings is 1. The van der Waals surface area contributed by atoms with Crippen molar-refractivity contribution in [3.8, 4) is 5.75 Å². The molecule has 1 fully saturated rings. The van der Waals surface area contributed by atoms with Crippen molar-refractivity contribution in [2.45, 2.75) is 25.2 Å². The smallest absolute Gasteiger partial charge is 0.263 e. The summed E-state index contributed by atoms with van der Waals surface area (Å²) in [4.78, 5) is 14.5. The Morgan fingerprint density at radius 2 is 1.54 bits per heavy atom. The number of carbonyl (C=O) groups excluding carboxylic acids is 1. The van der Waals surface area contributed by atoms with E-state index >= 15 is 0 Å². The van der Waals surface area contributed by atoms with Crippen molar-refractivity contribution in [1.29, 1.82) is 0 Å². The second-order valence-electron chi connectivity index (χ2n) is 6.79. The van der Waals surface area contributed by atoms with Gasteiger partial charge in [0.1, 0.15) is 5.75 Å². The van der Waals surface area contributed by atoms with Crippen LogP contribution in [0, 0.1) is 0 Å². The van der Waals surface area contributed by atoms with E-state index in [0.717, 1.165) is 5.56 Å². The van der Waals surface area contributed by atoms with Crippen LogP contribution in [0.5, 0.6) is 5.75 Å². The number of hydrogen-bond acceptors (Lipinski definition) is 4. The van der Waals surface area contributed by atoms with Crippen LogP contribution < -0.4 is 4.74 Å². The van der Waals surface area contributed by atoms with Crippen LogP contribution in [0.4, 0.5) is 0 Å². The Morgan fingerprint density at radius 3 is 2.11 bits per heavy atom. The third kappa shape index (κ3) is 5.11. The maximum Gasteiger partial charge on any atom is 0.263 e. The molecule has 0 spiro atoms. The molecular weight excluding hydrogens is 376 g/mol. The summed E-state index contributed by atoms with van der Waals surface area (Å²) in [5.74, 6) is 0.550. The van der Waals surface area contributed by atoms with Crippen molar-refractivity contribution in [2.24, 2.45) is 0 Å². The van der Waals surface area contributed by atoms with Gasteiger partial charge in [-0.3, -0.25) is 4.79 Å². The van der Waals surface area contributed by atoms with Gasteiger partial charge in [0.2, 0.25) is 10.0 Å². The van der Waals surface area contributed by atoms with E-state index in [1.165, 1.54) is 4.31 Å². The molecule has 1 aliphatic rings. The van der Waals surface area contributed by atoms with Gasteiger partial charge in [0, 0.05) is 26.2 Å². The van der Waals surface area contributed by atoms with Crippen LogP contribution in [0.3, 0.4) is 0 Å². The van der Waals surface area contributed by atoms with Gasteiger partial charge in [-0.2, -0.15) is 4.31 Å². The number of rotatable bonds is 7. The first-order valence-corrected chi connectivity index (χ1v) is 11.1. The van der Waals surface area contributed by atoms with Crippen molar-refractivity contribution >= 4 is 15.9 Å². The Morgan fingerprint density at radius 1 is 0.964 bits per heavy atom. The van der Waals surface area contributed by atoms with Crippen LogP contribution in [0.2, 0.25) is 0 Å². The van der Waals surface area contributed by atoms with Gasteiger partial charge in [0.25, 0.3) is 5.91 Å². The summed E-state index contributed by atoms with van der Waals surface area (Å²) in [5.41, 5.74) is 0.767. The Kier molecular flexibility index (Phi) is 6.70. The van der Waals surface area contributed by atoms with Crippen molar-refractivity contribution in [3.63, 3.8) is 0 Å². The van der Waals surface area contributed by atoms with Crippen LogP contribution in [0.25, 0.3) is 0 Å². The van der Waals surface area contributed by atoms with Crippen LogP contribution in [0.15, 0.2) is 60.7 Å². The van der Waals surface area contributed by atoms with Gasteiger partial charge in [0.05, 0.1) is 5.75 Å². The third-order valence-corrected chi connectivity index (χ3v) is 6.65. The van der Waals surface area contributed by atoms with Crippen molar-refractivity contribution in [1.82, 2.24) is 9.21 Å². The standard InChI is InChI=1S/C21H26N2O4S/c1-2-20(27-19-11-7-4-8-12-19)21(24)22-13-15-23(16-14-22)28(25,26)17-18-9-5-3-6-10-18/h3-12,20H,2,13-17H2,1H3/t20-/m0/s1. The van der Waals surface area contributed by atoms with Gasteiger partial charge < -0.3 is 9.64 Å². The van der Waals surface area contributed by atoms with Crippen LogP contribution in [-0.4, -0.2) is 55.8 Å². The summed E-state index contributed by atoms with van der Waals surface area (Å²) in [6, 6.07) is 18.4. The molecule has 6 nitrogen and oxygen atoms in total. The van der Waals surface area contributed by atoms with Crippen molar-refractivity contribution in [3.05, 3.63) is 66.2 Å². The maximum atomic E-state index is 12.8. The Bertz CT molecular complexity index is 864. The summed E-state index contributed by atoms with van der Waals surface area (Å²) in [5, 5.41) is 0. The van der Waals surface area contributed by atoms with E-state index in [1.807, 2.05) is 67.6 Å². The normalized spacial score (nSPS) is 16.5. The molecule has 150 valence electrons. The Hall–Kier alpha value is -2.38. The molecule has 0 aromatic heterocycles. The molecule has 7 heteroatoms. The molecule has 1 amide bonds. The molecule has 0 bridgehead atoms. The molecule has 0 saturated carbocycles. The van der Waals surface area contributed by atoms with E-state index in [4.69, 9.17) is 4.74 Å². The lowest BCUT2D eigenvalue weighted by Gasteiger charge is -2.35. The molecule has 1 atom stereocenters. The molecule has 0 unspecified atom stereocenters. The highest BCUT2D eigenvalue weighted by Crippen LogP contribution is 2.17. The first-order valence-electron chi connectivity index (χ1n) is 9.52. The number of ether oxygens (including phenoxy) is 1. The van der Waals surface area contributed by atoms with E-state index < -0.39 is 16.1 Å². The average Bonchev–Trinajstić information content (AvgIpc) is 2.73. The fourth-order valence-corrected chi connectivity index (χ4v) is 4.75. The minimum Gasteiger partial charge on any atom is -0.481 e. The zero-order valence-electron chi connectivity index (χ0n) is 16.0. The Labute approximate surface area is 166 Å². The number of hydrogen-bond donors (Lipinski definition) is 0. The fraction of sp³-hybridized carbons (Fsp3) is 0.381. The first kappa shape index (κ1) is 20.4. The van der Waals surface area contributed by atoms with Crippen molar-refractivity contribution in [2.75, 3.05) is 26.2 Å². The number of para-hydroxylation sites is 1. The first-order chi connectivity index (χ1) is 13.5. The van der Waals surface area contributed by atoms with Gasteiger partial charge in [-0.05, 0) is 24.1 Å².